The van der Waals surface area contributed by atoms with Crippen LogP contribution in [0.4, 0.5) is 0 Å². The Kier molecular flexibility index (Phi) is 7.86. The van der Waals surface area contributed by atoms with Crippen LogP contribution in [0.25, 0.3) is 0 Å². The molecule has 0 aliphatic heterocycles. The summed E-state index contributed by atoms with van der Waals surface area (Å²) >= 11 is 0. The second kappa shape index (κ2) is 11.3. The van der Waals surface area contributed by atoms with Crippen molar-refractivity contribution in [2.24, 2.45) is 0 Å². The van der Waals surface area contributed by atoms with Gasteiger partial charge in [-0.15, -0.1) is 0 Å². The summed E-state index contributed by atoms with van der Waals surface area (Å²) in [5.74, 6) is 0.725. The molecule has 6 heteroatoms. The van der Waals surface area contributed by atoms with Crippen LogP contribution in [0.15, 0.2) is 121 Å². The maximum Gasteiger partial charge on any atom is 0.306 e. The van der Waals surface area contributed by atoms with E-state index in [-0.39, 0.29) is 0 Å². The molecule has 0 unspecified atom stereocenters. The van der Waals surface area contributed by atoms with Crippen LogP contribution in [0.1, 0.15) is 22.3 Å². The predicted octanol–water partition coefficient (Wildman–Crippen LogP) is 7.54. The van der Waals surface area contributed by atoms with Crippen LogP contribution < -0.4 is 30.3 Å². The average molecular weight is 567 g/mol. The highest BCUT2D eigenvalue weighted by Crippen LogP contribution is 2.48. The Labute approximate surface area is 236 Å². The number of hydrogen-bond donors (Lipinski definition) is 0. The number of benzene rings is 5. The molecule has 40 heavy (non-hydrogen) atoms. The highest BCUT2D eigenvalue weighted by Gasteiger charge is 2.32. The lowest BCUT2D eigenvalue weighted by Crippen LogP contribution is -2.21. The second-order valence-electron chi connectivity index (χ2n) is 10.1. The van der Waals surface area contributed by atoms with E-state index in [0.29, 0.717) is 32.7 Å². The van der Waals surface area contributed by atoms with Crippen molar-refractivity contribution < 1.29 is 18.2 Å². The molecule has 0 amide bonds. The Hall–Kier alpha value is -3.84. The van der Waals surface area contributed by atoms with Crippen molar-refractivity contribution >= 4 is 36.0 Å². The van der Waals surface area contributed by atoms with Gasteiger partial charge in [0.25, 0.3) is 0 Å². The van der Waals surface area contributed by atoms with E-state index >= 15 is 0 Å². The van der Waals surface area contributed by atoms with Crippen molar-refractivity contribution in [2.75, 3.05) is 0 Å². The van der Waals surface area contributed by atoms with Gasteiger partial charge in [-0.3, -0.25) is 9.13 Å². The summed E-state index contributed by atoms with van der Waals surface area (Å²) in [6.07, 6.45) is 0. The summed E-state index contributed by atoms with van der Waals surface area (Å²) < 4.78 is 41.9. The lowest BCUT2D eigenvalue weighted by Gasteiger charge is -2.23. The van der Waals surface area contributed by atoms with Crippen LogP contribution in [0.2, 0.25) is 0 Å². The fraction of sp³-hybridized carbons (Fsp3) is 0.118. The fourth-order valence-electron chi connectivity index (χ4n) is 4.36. The monoisotopic (exact) mass is 566 g/mol. The van der Waals surface area contributed by atoms with E-state index in [1.807, 2.05) is 125 Å². The maximum absolute atomic E-state index is 14.6. The number of aryl methyl sites for hydroxylation is 4. The fourth-order valence-corrected chi connectivity index (χ4v) is 8.36. The Balaban J connectivity index is 1.54. The van der Waals surface area contributed by atoms with Crippen molar-refractivity contribution in [3.05, 3.63) is 144 Å². The lowest BCUT2D eigenvalue weighted by molar-refractivity contribution is 0.492. The smallest absolute Gasteiger partial charge is 0.306 e. The average Bonchev–Trinajstić information content (AvgIpc) is 2.94. The third-order valence-electron chi connectivity index (χ3n) is 6.77. The highest BCUT2D eigenvalue weighted by molar-refractivity contribution is 7.75. The molecule has 202 valence electrons. The van der Waals surface area contributed by atoms with Gasteiger partial charge < -0.3 is 9.05 Å². The summed E-state index contributed by atoms with van der Waals surface area (Å²) in [6, 6.07) is 37.1. The standard InChI is InChI=1S/C34H32O4P2/c1-25-8-16-31(17-9-25)39(35,32-18-10-26(2)11-19-32)37-29-6-5-7-30(24-29)38-40(36,33-20-12-27(3)13-21-33)34-22-14-28(4)15-23-34/h5-24H,1-4H3. The molecule has 0 saturated heterocycles. The number of hydrogen-bond acceptors (Lipinski definition) is 4. The molecule has 5 aromatic rings. The Morgan fingerprint density at radius 2 is 0.650 bits per heavy atom. The molecule has 4 nitrogen and oxygen atoms in total. The molecule has 0 aliphatic rings. The molecule has 0 aromatic heterocycles. The molecular weight excluding hydrogens is 534 g/mol. The largest absolute Gasteiger partial charge is 0.437 e. The minimum atomic E-state index is -3.51. The summed E-state index contributed by atoms with van der Waals surface area (Å²) in [5.41, 5.74) is 4.27. The van der Waals surface area contributed by atoms with Crippen molar-refractivity contribution in [3.8, 4) is 11.5 Å². The molecule has 0 saturated carbocycles. The molecule has 0 aliphatic carbocycles. The lowest BCUT2D eigenvalue weighted by atomic mass is 10.2. The first-order chi connectivity index (χ1) is 19.2. The van der Waals surface area contributed by atoms with E-state index in [9.17, 15) is 9.13 Å². The molecular formula is C34H32O4P2. The molecule has 0 bridgehead atoms. The zero-order valence-electron chi connectivity index (χ0n) is 23.1. The molecule has 5 rings (SSSR count). The van der Waals surface area contributed by atoms with Gasteiger partial charge in [0.2, 0.25) is 0 Å². The summed E-state index contributed by atoms with van der Waals surface area (Å²) in [5, 5.41) is 2.38. The van der Waals surface area contributed by atoms with Crippen molar-refractivity contribution in [1.82, 2.24) is 0 Å². The molecule has 0 radical (unpaired) electrons. The van der Waals surface area contributed by atoms with Gasteiger partial charge in [0.15, 0.2) is 0 Å². The van der Waals surface area contributed by atoms with Crippen molar-refractivity contribution in [3.63, 3.8) is 0 Å². The molecule has 0 spiro atoms. The van der Waals surface area contributed by atoms with Gasteiger partial charge in [0.05, 0.1) is 21.2 Å². The zero-order chi connectivity index (χ0) is 28.3. The SMILES string of the molecule is Cc1ccc(P(=O)(Oc2cccc(OP(=O)(c3ccc(C)cc3)c3ccc(C)cc3)c2)c2ccc(C)cc2)cc1. The van der Waals surface area contributed by atoms with E-state index in [1.165, 1.54) is 0 Å². The first kappa shape index (κ1) is 27.7. The van der Waals surface area contributed by atoms with Crippen LogP contribution in [0.3, 0.4) is 0 Å². The second-order valence-corrected chi connectivity index (χ2v) is 14.7. The van der Waals surface area contributed by atoms with Gasteiger partial charge >= 0.3 is 14.7 Å². The first-order valence-corrected chi connectivity index (χ1v) is 16.4. The van der Waals surface area contributed by atoms with Crippen LogP contribution in [0, 0.1) is 27.7 Å². The van der Waals surface area contributed by atoms with Gasteiger partial charge in [-0.25, -0.2) is 0 Å². The highest BCUT2D eigenvalue weighted by atomic mass is 31.2. The van der Waals surface area contributed by atoms with E-state index in [1.54, 1.807) is 24.3 Å². The molecule has 0 atom stereocenters. The van der Waals surface area contributed by atoms with Crippen LogP contribution in [-0.2, 0) is 9.13 Å². The third-order valence-corrected chi connectivity index (χ3v) is 11.6. The normalized spacial score (nSPS) is 11.7. The molecule has 0 N–H and O–H groups in total. The van der Waals surface area contributed by atoms with Gasteiger partial charge in [0, 0.05) is 6.07 Å². The maximum atomic E-state index is 14.6. The van der Waals surface area contributed by atoms with Crippen LogP contribution in [-0.4, -0.2) is 0 Å². The van der Waals surface area contributed by atoms with E-state index in [0.717, 1.165) is 22.3 Å². The van der Waals surface area contributed by atoms with Crippen LogP contribution in [0.5, 0.6) is 11.5 Å². The van der Waals surface area contributed by atoms with Gasteiger partial charge in [-0.1, -0.05) is 76.9 Å². The number of rotatable bonds is 8. The molecule has 0 heterocycles. The van der Waals surface area contributed by atoms with Gasteiger partial charge in [-0.2, -0.15) is 0 Å². The van der Waals surface area contributed by atoms with Crippen LogP contribution >= 0.6 is 14.7 Å². The Morgan fingerprint density at radius 1 is 0.400 bits per heavy atom. The quantitative estimate of drug-likeness (QED) is 0.182. The minimum Gasteiger partial charge on any atom is -0.437 e. The van der Waals surface area contributed by atoms with E-state index in [2.05, 4.69) is 0 Å². The van der Waals surface area contributed by atoms with Crippen molar-refractivity contribution in [1.29, 1.82) is 0 Å². The topological polar surface area (TPSA) is 52.6 Å². The Morgan fingerprint density at radius 3 is 0.900 bits per heavy atom. The molecule has 0 fully saturated rings. The summed E-state index contributed by atoms with van der Waals surface area (Å²) in [6.45, 7) is 7.95. The summed E-state index contributed by atoms with van der Waals surface area (Å²) in [4.78, 5) is 0. The van der Waals surface area contributed by atoms with E-state index < -0.39 is 14.7 Å². The first-order valence-electron chi connectivity index (χ1n) is 13.1. The summed E-state index contributed by atoms with van der Waals surface area (Å²) in [7, 11) is -7.02. The predicted molar refractivity (Wildman–Crippen MR) is 166 cm³/mol. The van der Waals surface area contributed by atoms with E-state index in [4.69, 9.17) is 9.05 Å². The zero-order valence-corrected chi connectivity index (χ0v) is 24.9. The van der Waals surface area contributed by atoms with Gasteiger partial charge in [0.1, 0.15) is 11.5 Å². The minimum absolute atomic E-state index is 0.362. The Bertz CT molecular complexity index is 1480. The molecule has 5 aromatic carbocycles. The van der Waals surface area contributed by atoms with Gasteiger partial charge in [-0.05, 0) is 88.4 Å². The van der Waals surface area contributed by atoms with Crippen molar-refractivity contribution in [2.45, 2.75) is 27.7 Å². The third kappa shape index (κ3) is 5.85.